The molecule has 3 heterocycles. The number of carbonyl (C=O) groups excluding carboxylic acids is 1. The van der Waals surface area contributed by atoms with Crippen molar-refractivity contribution in [2.75, 3.05) is 23.3 Å². The van der Waals surface area contributed by atoms with Crippen LogP contribution in [0.3, 0.4) is 0 Å². The van der Waals surface area contributed by atoms with Crippen LogP contribution in [-0.4, -0.2) is 29.0 Å². The molecule has 0 atom stereocenters. The number of amides is 1. The van der Waals surface area contributed by atoms with Crippen molar-refractivity contribution in [3.8, 4) is 0 Å². The molecule has 1 aliphatic rings. The van der Waals surface area contributed by atoms with Gasteiger partial charge in [-0.05, 0) is 30.3 Å². The van der Waals surface area contributed by atoms with E-state index in [9.17, 15) is 9.18 Å². The molecular formula is C18H12ClFN4OS2. The van der Waals surface area contributed by atoms with Crippen LogP contribution in [0, 0.1) is 11.7 Å². The minimum atomic E-state index is -0.319. The van der Waals surface area contributed by atoms with Crippen LogP contribution in [0.1, 0.15) is 0 Å². The quantitative estimate of drug-likeness (QED) is 0.520. The fourth-order valence-corrected chi connectivity index (χ4v) is 5.14. The molecule has 1 N–H and O–H groups in total. The van der Waals surface area contributed by atoms with E-state index in [0.29, 0.717) is 28.8 Å². The van der Waals surface area contributed by atoms with Crippen LogP contribution >= 0.6 is 34.3 Å². The van der Waals surface area contributed by atoms with Gasteiger partial charge in [-0.1, -0.05) is 40.3 Å². The van der Waals surface area contributed by atoms with Gasteiger partial charge in [-0.3, -0.25) is 4.79 Å². The summed E-state index contributed by atoms with van der Waals surface area (Å²) < 4.78 is 15.5. The monoisotopic (exact) mass is 418 g/mol. The summed E-state index contributed by atoms with van der Waals surface area (Å²) >= 11 is 8.82. The minimum Gasteiger partial charge on any atom is -0.346 e. The van der Waals surface area contributed by atoms with E-state index in [0.717, 1.165) is 20.0 Å². The highest BCUT2D eigenvalue weighted by atomic mass is 35.5. The van der Waals surface area contributed by atoms with Gasteiger partial charge in [0.2, 0.25) is 5.91 Å². The summed E-state index contributed by atoms with van der Waals surface area (Å²) in [6.07, 6.45) is 0. The zero-order valence-corrected chi connectivity index (χ0v) is 16.2. The number of hydrogen-bond donors (Lipinski definition) is 1. The van der Waals surface area contributed by atoms with Crippen molar-refractivity contribution in [2.45, 2.75) is 0 Å². The van der Waals surface area contributed by atoms with Crippen LogP contribution in [0.15, 0.2) is 36.4 Å². The maximum absolute atomic E-state index is 13.8. The van der Waals surface area contributed by atoms with Gasteiger partial charge >= 0.3 is 0 Å². The molecule has 136 valence electrons. The number of aromatic nitrogens is 2. The molecule has 0 bridgehead atoms. The summed E-state index contributed by atoms with van der Waals surface area (Å²) in [7, 11) is 0. The van der Waals surface area contributed by atoms with Crippen molar-refractivity contribution in [1.82, 2.24) is 9.97 Å². The number of nitrogens with one attached hydrogen (secondary N) is 1. The number of fused-ring (bicyclic) bond motifs is 2. The lowest BCUT2D eigenvalue weighted by Gasteiger charge is -2.37. The lowest BCUT2D eigenvalue weighted by atomic mass is 10.0. The second kappa shape index (κ2) is 6.40. The van der Waals surface area contributed by atoms with Crippen LogP contribution in [0.4, 0.5) is 14.7 Å². The molecule has 27 heavy (non-hydrogen) atoms. The van der Waals surface area contributed by atoms with Crippen molar-refractivity contribution in [3.05, 3.63) is 47.2 Å². The first kappa shape index (κ1) is 16.9. The van der Waals surface area contributed by atoms with Crippen molar-refractivity contribution in [1.29, 1.82) is 0 Å². The summed E-state index contributed by atoms with van der Waals surface area (Å²) in [5, 5.41) is 4.84. The minimum absolute atomic E-state index is 0.0660. The van der Waals surface area contributed by atoms with Gasteiger partial charge in [0.1, 0.15) is 11.3 Å². The van der Waals surface area contributed by atoms with Gasteiger partial charge < -0.3 is 10.2 Å². The first-order chi connectivity index (χ1) is 13.1. The van der Waals surface area contributed by atoms with E-state index in [1.165, 1.54) is 28.7 Å². The Kier molecular flexibility index (Phi) is 3.99. The fourth-order valence-electron chi connectivity index (χ4n) is 3.00. The Labute approximate surface area is 166 Å². The molecule has 2 aromatic heterocycles. The smallest absolute Gasteiger partial charge is 0.232 e. The number of thiazole rings is 2. The molecule has 0 spiro atoms. The van der Waals surface area contributed by atoms with E-state index in [1.54, 1.807) is 12.1 Å². The van der Waals surface area contributed by atoms with Crippen LogP contribution in [0.2, 0.25) is 5.02 Å². The molecule has 0 aliphatic carbocycles. The zero-order valence-electron chi connectivity index (χ0n) is 13.8. The zero-order chi connectivity index (χ0) is 18.5. The van der Waals surface area contributed by atoms with Gasteiger partial charge in [-0.15, -0.1) is 0 Å². The number of rotatable bonds is 3. The number of benzene rings is 2. The Balaban J connectivity index is 1.26. The molecule has 4 aromatic rings. The SMILES string of the molecule is O=C(Nc1nc2ccc(Cl)cc2s1)C1CN(c2nc3c(F)cccc3s2)C1. The van der Waals surface area contributed by atoms with Crippen molar-refractivity contribution in [2.24, 2.45) is 5.92 Å². The molecule has 1 amide bonds. The molecular weight excluding hydrogens is 407 g/mol. The predicted molar refractivity (Wildman–Crippen MR) is 109 cm³/mol. The summed E-state index contributed by atoms with van der Waals surface area (Å²) in [5.41, 5.74) is 1.20. The largest absolute Gasteiger partial charge is 0.346 e. The highest BCUT2D eigenvalue weighted by molar-refractivity contribution is 7.22. The molecule has 1 saturated heterocycles. The van der Waals surface area contributed by atoms with Gasteiger partial charge in [0.15, 0.2) is 10.3 Å². The highest BCUT2D eigenvalue weighted by Gasteiger charge is 2.35. The van der Waals surface area contributed by atoms with Crippen LogP contribution in [0.25, 0.3) is 20.4 Å². The van der Waals surface area contributed by atoms with Crippen molar-refractivity contribution >= 4 is 70.9 Å². The highest BCUT2D eigenvalue weighted by Crippen LogP contribution is 2.34. The third kappa shape index (κ3) is 3.03. The number of hydrogen-bond acceptors (Lipinski definition) is 6. The summed E-state index contributed by atoms with van der Waals surface area (Å²) in [6, 6.07) is 10.4. The summed E-state index contributed by atoms with van der Waals surface area (Å²) in [4.78, 5) is 23.2. The third-order valence-corrected chi connectivity index (χ3v) is 6.71. The summed E-state index contributed by atoms with van der Waals surface area (Å²) in [5.74, 6) is -0.526. The number of nitrogens with zero attached hydrogens (tertiary/aromatic N) is 3. The molecule has 5 nitrogen and oxygen atoms in total. The first-order valence-electron chi connectivity index (χ1n) is 8.24. The van der Waals surface area contributed by atoms with E-state index < -0.39 is 0 Å². The van der Waals surface area contributed by atoms with Crippen LogP contribution in [0.5, 0.6) is 0 Å². The van der Waals surface area contributed by atoms with Gasteiger partial charge in [-0.25, -0.2) is 14.4 Å². The predicted octanol–water partition coefficient (Wildman–Crippen LogP) is 4.77. The Bertz CT molecular complexity index is 1180. The molecule has 1 fully saturated rings. The van der Waals surface area contributed by atoms with E-state index in [1.807, 2.05) is 23.1 Å². The molecule has 1 aliphatic heterocycles. The Morgan fingerprint density at radius 1 is 1.19 bits per heavy atom. The Morgan fingerprint density at radius 3 is 2.85 bits per heavy atom. The Hall–Kier alpha value is -2.29. The van der Waals surface area contributed by atoms with Crippen LogP contribution < -0.4 is 10.2 Å². The van der Waals surface area contributed by atoms with E-state index in [4.69, 9.17) is 11.6 Å². The van der Waals surface area contributed by atoms with E-state index in [-0.39, 0.29) is 17.6 Å². The molecule has 9 heteroatoms. The molecule has 5 rings (SSSR count). The normalized spacial score (nSPS) is 14.7. The fraction of sp³-hybridized carbons (Fsp3) is 0.167. The molecule has 0 radical (unpaired) electrons. The van der Waals surface area contributed by atoms with Crippen molar-refractivity contribution < 1.29 is 9.18 Å². The third-order valence-electron chi connectivity index (χ3n) is 4.46. The van der Waals surface area contributed by atoms with Gasteiger partial charge in [0.05, 0.1) is 20.8 Å². The lowest BCUT2D eigenvalue weighted by Crippen LogP contribution is -2.52. The standard InChI is InChI=1S/C18H12ClFN4OS2/c19-10-4-5-12-14(6-10)26-17(21-12)23-16(25)9-7-24(8-9)18-22-15-11(20)2-1-3-13(15)27-18/h1-6,9H,7-8H2,(H,21,23,25). The van der Waals surface area contributed by atoms with Gasteiger partial charge in [0.25, 0.3) is 0 Å². The second-order valence-electron chi connectivity index (χ2n) is 6.31. The average Bonchev–Trinajstić information content (AvgIpc) is 3.17. The second-order valence-corrected chi connectivity index (χ2v) is 8.78. The van der Waals surface area contributed by atoms with Crippen LogP contribution in [-0.2, 0) is 4.79 Å². The van der Waals surface area contributed by atoms with E-state index in [2.05, 4.69) is 15.3 Å². The molecule has 0 unspecified atom stereocenters. The molecule has 2 aromatic carbocycles. The molecule has 0 saturated carbocycles. The van der Waals surface area contributed by atoms with Crippen molar-refractivity contribution in [3.63, 3.8) is 0 Å². The van der Waals surface area contributed by atoms with Gasteiger partial charge in [0, 0.05) is 18.1 Å². The maximum atomic E-state index is 13.8. The summed E-state index contributed by atoms with van der Waals surface area (Å²) in [6.45, 7) is 1.12. The average molecular weight is 419 g/mol. The Morgan fingerprint density at radius 2 is 2.04 bits per heavy atom. The van der Waals surface area contributed by atoms with Gasteiger partial charge in [-0.2, -0.15) is 0 Å². The number of anilines is 2. The maximum Gasteiger partial charge on any atom is 0.232 e. The first-order valence-corrected chi connectivity index (χ1v) is 10.2. The number of halogens is 2. The van der Waals surface area contributed by atoms with E-state index >= 15 is 0 Å². The number of para-hydroxylation sites is 1. The lowest BCUT2D eigenvalue weighted by molar-refractivity contribution is -0.120. The topological polar surface area (TPSA) is 58.1 Å². The number of carbonyl (C=O) groups is 1.